The van der Waals surface area contributed by atoms with Crippen molar-refractivity contribution in [1.29, 1.82) is 0 Å². The molecule has 2 saturated heterocycles. The van der Waals surface area contributed by atoms with Crippen molar-refractivity contribution in [2.24, 2.45) is 23.2 Å². The highest BCUT2D eigenvalue weighted by molar-refractivity contribution is 5.85. The fourth-order valence-electron chi connectivity index (χ4n) is 5.28. The number of likely N-dealkylation sites (N-methyl/N-ethyl adjacent to an activating group) is 1. The third-order valence-corrected chi connectivity index (χ3v) is 5.91. The van der Waals surface area contributed by atoms with Crippen LogP contribution in [0.3, 0.4) is 0 Å². The van der Waals surface area contributed by atoms with Crippen molar-refractivity contribution in [2.45, 2.75) is 38.3 Å². The maximum absolute atomic E-state index is 12.3. The predicted molar refractivity (Wildman–Crippen MR) is 58.9 cm³/mol. The summed E-state index contributed by atoms with van der Waals surface area (Å²) in [5.74, 6) is 0.797. The van der Waals surface area contributed by atoms with E-state index in [4.69, 9.17) is 4.74 Å². The average molecular weight is 235 g/mol. The summed E-state index contributed by atoms with van der Waals surface area (Å²) in [6.45, 7) is 2.21. The van der Waals surface area contributed by atoms with Crippen molar-refractivity contribution in [3.05, 3.63) is 0 Å². The molecule has 0 aromatic heterocycles. The molecule has 4 heteroatoms. The van der Waals surface area contributed by atoms with Gasteiger partial charge in [-0.05, 0) is 25.2 Å². The SMILES string of the molecule is CN1C(=O)[C@H]2CC[C@H]3[C@@H]4C[C@@H](OC4=O)[C@@H]1[C@@]23C. The highest BCUT2D eigenvalue weighted by Gasteiger charge is 2.71. The number of carbonyl (C=O) groups excluding carboxylic acids is 2. The number of hydrogen-bond donors (Lipinski definition) is 0. The van der Waals surface area contributed by atoms with Crippen LogP contribution in [0.15, 0.2) is 0 Å². The topological polar surface area (TPSA) is 46.6 Å². The normalized spacial score (nSPS) is 55.2. The van der Waals surface area contributed by atoms with E-state index in [1.807, 2.05) is 11.9 Å². The maximum Gasteiger partial charge on any atom is 0.309 e. The Morgan fingerprint density at radius 1 is 1.35 bits per heavy atom. The van der Waals surface area contributed by atoms with Crippen molar-refractivity contribution in [3.63, 3.8) is 0 Å². The van der Waals surface area contributed by atoms with E-state index < -0.39 is 0 Å². The molecule has 4 fully saturated rings. The van der Waals surface area contributed by atoms with Crippen LogP contribution < -0.4 is 0 Å². The molecule has 4 rings (SSSR count). The zero-order chi connectivity index (χ0) is 11.9. The number of carbonyl (C=O) groups is 2. The second-order valence-electron chi connectivity index (χ2n) is 6.31. The van der Waals surface area contributed by atoms with Gasteiger partial charge in [0.2, 0.25) is 5.91 Å². The first kappa shape index (κ1) is 9.92. The van der Waals surface area contributed by atoms with Crippen LogP contribution in [0.25, 0.3) is 0 Å². The van der Waals surface area contributed by atoms with Crippen LogP contribution in [0.4, 0.5) is 0 Å². The minimum atomic E-state index is -0.0502. The lowest BCUT2D eigenvalue weighted by Gasteiger charge is -2.44. The minimum absolute atomic E-state index is 0.0166. The summed E-state index contributed by atoms with van der Waals surface area (Å²) < 4.78 is 5.50. The summed E-state index contributed by atoms with van der Waals surface area (Å²) in [5.41, 5.74) is -0.0222. The van der Waals surface area contributed by atoms with Crippen molar-refractivity contribution >= 4 is 11.9 Å². The Labute approximate surface area is 100 Å². The Balaban J connectivity index is 1.89. The number of nitrogens with zero attached hydrogens (tertiary/aromatic N) is 1. The van der Waals surface area contributed by atoms with Crippen molar-refractivity contribution in [2.75, 3.05) is 7.05 Å². The molecule has 92 valence electrons. The summed E-state index contributed by atoms with van der Waals surface area (Å²) in [7, 11) is 1.88. The van der Waals surface area contributed by atoms with Gasteiger partial charge >= 0.3 is 5.97 Å². The van der Waals surface area contributed by atoms with Crippen LogP contribution in [-0.4, -0.2) is 36.0 Å². The molecule has 17 heavy (non-hydrogen) atoms. The van der Waals surface area contributed by atoms with Crippen molar-refractivity contribution in [1.82, 2.24) is 4.90 Å². The molecular formula is C13H17NO3. The fraction of sp³-hybridized carbons (Fsp3) is 0.846. The molecule has 0 spiro atoms. The standard InChI is InChI=1S/C13H17NO3/c1-13-7-3-4-8(13)11(15)14(2)10(13)9-5-6(7)12(16)17-9/h6-10H,3-5H2,1-2H3/t6-,7-,8+,9+,10+,13+/m0/s1. The number of ether oxygens (including phenoxy) is 1. The zero-order valence-electron chi connectivity index (χ0n) is 10.2. The van der Waals surface area contributed by atoms with Crippen molar-refractivity contribution in [3.8, 4) is 0 Å². The average Bonchev–Trinajstić information content (AvgIpc) is 2.83. The van der Waals surface area contributed by atoms with E-state index in [1.165, 1.54) is 0 Å². The van der Waals surface area contributed by atoms with Gasteiger partial charge in [-0.15, -0.1) is 0 Å². The van der Waals surface area contributed by atoms with Crippen LogP contribution in [-0.2, 0) is 14.3 Å². The van der Waals surface area contributed by atoms with Crippen LogP contribution in [0.5, 0.6) is 0 Å². The number of likely N-dealkylation sites (tertiary alicyclic amines) is 1. The van der Waals surface area contributed by atoms with Crippen LogP contribution >= 0.6 is 0 Å². The third kappa shape index (κ3) is 0.860. The molecule has 2 heterocycles. The first-order valence-electron chi connectivity index (χ1n) is 6.52. The van der Waals surface area contributed by atoms with Crippen LogP contribution in [0.2, 0.25) is 0 Å². The largest absolute Gasteiger partial charge is 0.460 e. The van der Waals surface area contributed by atoms with Crippen molar-refractivity contribution < 1.29 is 14.3 Å². The molecule has 2 aliphatic heterocycles. The van der Waals surface area contributed by atoms with Gasteiger partial charge in [0, 0.05) is 18.4 Å². The highest BCUT2D eigenvalue weighted by Crippen LogP contribution is 2.64. The van der Waals surface area contributed by atoms with Gasteiger partial charge in [0.25, 0.3) is 0 Å². The van der Waals surface area contributed by atoms with E-state index in [0.29, 0.717) is 5.92 Å². The predicted octanol–water partition coefficient (Wildman–Crippen LogP) is 0.805. The molecule has 0 aromatic carbocycles. The molecule has 2 aliphatic carbocycles. The van der Waals surface area contributed by atoms with Gasteiger partial charge in [-0.1, -0.05) is 6.92 Å². The Kier molecular flexibility index (Phi) is 1.56. The monoisotopic (exact) mass is 235 g/mol. The first-order valence-corrected chi connectivity index (χ1v) is 6.52. The van der Waals surface area contributed by atoms with E-state index >= 15 is 0 Å². The molecule has 1 amide bonds. The number of amides is 1. The minimum Gasteiger partial charge on any atom is -0.460 e. The quantitative estimate of drug-likeness (QED) is 0.584. The summed E-state index contributed by atoms with van der Waals surface area (Å²) in [5, 5.41) is 0. The number of fused-ring (bicyclic) bond motifs is 4. The second kappa shape index (κ2) is 2.68. The lowest BCUT2D eigenvalue weighted by molar-refractivity contribution is -0.146. The molecule has 2 bridgehead atoms. The lowest BCUT2D eigenvalue weighted by atomic mass is 9.60. The van der Waals surface area contributed by atoms with Gasteiger partial charge in [-0.25, -0.2) is 0 Å². The summed E-state index contributed by atoms with van der Waals surface area (Å²) >= 11 is 0. The number of rotatable bonds is 0. The van der Waals surface area contributed by atoms with Gasteiger partial charge in [-0.3, -0.25) is 9.59 Å². The molecule has 0 aromatic rings. The van der Waals surface area contributed by atoms with E-state index in [2.05, 4.69) is 6.92 Å². The van der Waals surface area contributed by atoms with Gasteiger partial charge in [0.05, 0.1) is 12.0 Å². The number of esters is 1. The van der Waals surface area contributed by atoms with E-state index in [-0.39, 0.29) is 41.3 Å². The maximum atomic E-state index is 12.3. The second-order valence-corrected chi connectivity index (χ2v) is 6.31. The van der Waals surface area contributed by atoms with Gasteiger partial charge in [0.1, 0.15) is 6.10 Å². The van der Waals surface area contributed by atoms with Gasteiger partial charge < -0.3 is 9.64 Å². The molecule has 0 N–H and O–H groups in total. The van der Waals surface area contributed by atoms with Crippen LogP contribution in [0.1, 0.15) is 26.2 Å². The Morgan fingerprint density at radius 2 is 2.12 bits per heavy atom. The third-order valence-electron chi connectivity index (χ3n) is 5.91. The first-order chi connectivity index (χ1) is 8.05. The fourth-order valence-corrected chi connectivity index (χ4v) is 5.28. The van der Waals surface area contributed by atoms with E-state index in [9.17, 15) is 9.59 Å². The van der Waals surface area contributed by atoms with Crippen LogP contribution in [0, 0.1) is 23.2 Å². The smallest absolute Gasteiger partial charge is 0.309 e. The number of hydrogen-bond acceptors (Lipinski definition) is 3. The highest BCUT2D eigenvalue weighted by atomic mass is 16.6. The molecule has 4 nitrogen and oxygen atoms in total. The van der Waals surface area contributed by atoms with Gasteiger partial charge in [-0.2, -0.15) is 0 Å². The molecule has 0 radical (unpaired) electrons. The molecule has 0 unspecified atom stereocenters. The van der Waals surface area contributed by atoms with E-state index in [1.54, 1.807) is 0 Å². The van der Waals surface area contributed by atoms with E-state index in [0.717, 1.165) is 19.3 Å². The molecule has 2 saturated carbocycles. The Hall–Kier alpha value is -1.06. The summed E-state index contributed by atoms with van der Waals surface area (Å²) in [4.78, 5) is 26.0. The Morgan fingerprint density at radius 3 is 2.88 bits per heavy atom. The lowest BCUT2D eigenvalue weighted by Crippen LogP contribution is -2.52. The summed E-state index contributed by atoms with van der Waals surface area (Å²) in [6.07, 6.45) is 2.75. The molecule has 6 atom stereocenters. The Bertz CT molecular complexity index is 434. The summed E-state index contributed by atoms with van der Waals surface area (Å²) in [6, 6.07) is 0.121. The van der Waals surface area contributed by atoms with Gasteiger partial charge in [0.15, 0.2) is 0 Å². The molecule has 4 aliphatic rings. The zero-order valence-corrected chi connectivity index (χ0v) is 10.2. The molecular weight excluding hydrogens is 218 g/mol.